The molecule has 75 heavy (non-hydrogen) atoms. The van der Waals surface area contributed by atoms with E-state index < -0.39 is 6.10 Å². The molecule has 0 radical (unpaired) electrons. The molecule has 0 amide bonds. The van der Waals surface area contributed by atoms with Crippen molar-refractivity contribution in [3.05, 3.63) is 146 Å². The molecule has 0 rings (SSSR count). The van der Waals surface area contributed by atoms with Crippen LogP contribution in [0.25, 0.3) is 0 Å². The first kappa shape index (κ1) is 70.3. The van der Waals surface area contributed by atoms with Gasteiger partial charge in [-0.25, -0.2) is 0 Å². The number of hydrogen-bond acceptors (Lipinski definition) is 6. The third-order valence-corrected chi connectivity index (χ3v) is 12.3. The largest absolute Gasteiger partial charge is 0.462 e. The molecule has 0 saturated heterocycles. The molecular formula is C69H110O6. The molecule has 6 nitrogen and oxygen atoms in total. The van der Waals surface area contributed by atoms with E-state index >= 15 is 0 Å². The van der Waals surface area contributed by atoms with E-state index in [9.17, 15) is 14.4 Å². The Morgan fingerprint density at radius 2 is 0.520 bits per heavy atom. The summed E-state index contributed by atoms with van der Waals surface area (Å²) < 4.78 is 16.9. The molecule has 0 heterocycles. The topological polar surface area (TPSA) is 78.9 Å². The minimum atomic E-state index is -0.813. The molecule has 6 heteroatoms. The molecule has 0 saturated carbocycles. The molecule has 0 aliphatic heterocycles. The van der Waals surface area contributed by atoms with E-state index in [2.05, 4.69) is 167 Å². The molecule has 0 aliphatic rings. The fourth-order valence-corrected chi connectivity index (χ4v) is 7.82. The van der Waals surface area contributed by atoms with E-state index in [1.54, 1.807) is 0 Å². The molecule has 0 N–H and O–H groups in total. The Labute approximate surface area is 461 Å². The van der Waals surface area contributed by atoms with Crippen LogP contribution < -0.4 is 0 Å². The van der Waals surface area contributed by atoms with Gasteiger partial charge in [-0.05, 0) is 141 Å². The zero-order chi connectivity index (χ0) is 54.3. The standard InChI is InChI=1S/C69H110O6/c1-4-7-10-13-16-19-22-25-28-31-34-37-40-43-46-49-52-55-58-61-67(70)73-64-66(75-69(72)63-60-57-54-51-48-45-42-39-36-33-30-27-24-21-18-15-12-9-6-3)65-74-68(71)62-59-56-53-50-47-44-41-38-35-32-29-26-23-20-17-14-11-8-5-2/h7,9-10,12,16-21,25-30,34-39,43,46,66H,4-6,8,11,13-15,22-24,31-33,40-42,44-45,47-65H2,1-3H3/b10-7-,12-9-,19-16-,20-17-,21-18-,28-25-,29-26-,30-27-,37-34-,38-35-,39-36-,46-43-. The summed E-state index contributed by atoms with van der Waals surface area (Å²) in [6.45, 7) is 6.33. The summed E-state index contributed by atoms with van der Waals surface area (Å²) in [5.74, 6) is -0.969. The lowest BCUT2D eigenvalue weighted by molar-refractivity contribution is -0.167. The maximum Gasteiger partial charge on any atom is 0.306 e. The van der Waals surface area contributed by atoms with Gasteiger partial charge in [0.15, 0.2) is 6.10 Å². The van der Waals surface area contributed by atoms with Crippen LogP contribution in [0.1, 0.15) is 252 Å². The lowest BCUT2D eigenvalue weighted by Crippen LogP contribution is -2.30. The van der Waals surface area contributed by atoms with Crippen LogP contribution in [0, 0.1) is 0 Å². The molecule has 0 aromatic rings. The van der Waals surface area contributed by atoms with E-state index in [1.165, 1.54) is 51.4 Å². The predicted octanol–water partition coefficient (Wildman–Crippen LogP) is 20.8. The van der Waals surface area contributed by atoms with Crippen LogP contribution in [0.5, 0.6) is 0 Å². The number of ether oxygens (including phenoxy) is 3. The Balaban J connectivity index is 4.53. The van der Waals surface area contributed by atoms with Gasteiger partial charge in [0.2, 0.25) is 0 Å². The summed E-state index contributed by atoms with van der Waals surface area (Å²) in [5, 5.41) is 0. The van der Waals surface area contributed by atoms with Crippen LogP contribution in [-0.2, 0) is 28.6 Å². The summed E-state index contributed by atoms with van der Waals surface area (Å²) in [7, 11) is 0. The van der Waals surface area contributed by atoms with Crippen molar-refractivity contribution in [2.24, 2.45) is 0 Å². The third-order valence-electron chi connectivity index (χ3n) is 12.3. The molecule has 0 aromatic carbocycles. The number of carbonyl (C=O) groups is 3. The zero-order valence-corrected chi connectivity index (χ0v) is 48.3. The highest BCUT2D eigenvalue weighted by Gasteiger charge is 2.19. The monoisotopic (exact) mass is 1030 g/mol. The Hall–Kier alpha value is -4.71. The molecule has 0 spiro atoms. The van der Waals surface area contributed by atoms with Crippen molar-refractivity contribution >= 4 is 17.9 Å². The second-order valence-corrected chi connectivity index (χ2v) is 19.5. The van der Waals surface area contributed by atoms with Gasteiger partial charge in [0.25, 0.3) is 0 Å². The summed E-state index contributed by atoms with van der Waals surface area (Å²) in [6, 6.07) is 0. The molecule has 1 atom stereocenters. The highest BCUT2D eigenvalue weighted by molar-refractivity contribution is 5.71. The van der Waals surface area contributed by atoms with Gasteiger partial charge in [-0.1, -0.05) is 237 Å². The van der Waals surface area contributed by atoms with Crippen molar-refractivity contribution < 1.29 is 28.6 Å². The average molecular weight is 1040 g/mol. The molecule has 0 aliphatic carbocycles. The van der Waals surface area contributed by atoms with Crippen LogP contribution in [0.3, 0.4) is 0 Å². The minimum absolute atomic E-state index is 0.107. The average Bonchev–Trinajstić information content (AvgIpc) is 3.41. The first-order valence-corrected chi connectivity index (χ1v) is 30.3. The Morgan fingerprint density at radius 3 is 0.827 bits per heavy atom. The summed E-state index contributed by atoms with van der Waals surface area (Å²) in [4.78, 5) is 38.3. The fraction of sp³-hybridized carbons (Fsp3) is 0.609. The van der Waals surface area contributed by atoms with Crippen molar-refractivity contribution in [2.45, 2.75) is 258 Å². The lowest BCUT2D eigenvalue weighted by atomic mass is 10.1. The van der Waals surface area contributed by atoms with E-state index in [4.69, 9.17) is 14.2 Å². The van der Waals surface area contributed by atoms with Gasteiger partial charge in [-0.3, -0.25) is 14.4 Å². The van der Waals surface area contributed by atoms with Gasteiger partial charge < -0.3 is 14.2 Å². The number of hydrogen-bond donors (Lipinski definition) is 0. The minimum Gasteiger partial charge on any atom is -0.462 e. The second-order valence-electron chi connectivity index (χ2n) is 19.5. The summed E-state index contributed by atoms with van der Waals surface area (Å²) in [5.41, 5.74) is 0. The molecular weight excluding hydrogens is 925 g/mol. The zero-order valence-electron chi connectivity index (χ0n) is 48.3. The van der Waals surface area contributed by atoms with Gasteiger partial charge in [0.05, 0.1) is 0 Å². The second kappa shape index (κ2) is 61.8. The smallest absolute Gasteiger partial charge is 0.306 e. The molecule has 0 fully saturated rings. The highest BCUT2D eigenvalue weighted by Crippen LogP contribution is 2.14. The number of rotatable bonds is 53. The van der Waals surface area contributed by atoms with E-state index in [0.29, 0.717) is 19.3 Å². The number of carbonyl (C=O) groups excluding carboxylic acids is 3. The Kier molecular flexibility index (Phi) is 58.0. The van der Waals surface area contributed by atoms with E-state index in [1.807, 2.05) is 0 Å². The van der Waals surface area contributed by atoms with Crippen molar-refractivity contribution in [1.82, 2.24) is 0 Å². The molecule has 0 aromatic heterocycles. The van der Waals surface area contributed by atoms with E-state index in [0.717, 1.165) is 161 Å². The third kappa shape index (κ3) is 60.0. The number of esters is 3. The first-order valence-electron chi connectivity index (χ1n) is 30.3. The highest BCUT2D eigenvalue weighted by atomic mass is 16.6. The van der Waals surface area contributed by atoms with Crippen LogP contribution >= 0.6 is 0 Å². The van der Waals surface area contributed by atoms with Crippen molar-refractivity contribution in [2.75, 3.05) is 13.2 Å². The van der Waals surface area contributed by atoms with Crippen LogP contribution in [0.4, 0.5) is 0 Å². The maximum absolute atomic E-state index is 12.9. The van der Waals surface area contributed by atoms with Crippen LogP contribution in [0.15, 0.2) is 146 Å². The van der Waals surface area contributed by atoms with Crippen molar-refractivity contribution in [3.63, 3.8) is 0 Å². The van der Waals surface area contributed by atoms with Gasteiger partial charge in [0.1, 0.15) is 13.2 Å². The molecule has 422 valence electrons. The summed E-state index contributed by atoms with van der Waals surface area (Å²) >= 11 is 0. The van der Waals surface area contributed by atoms with Crippen molar-refractivity contribution in [3.8, 4) is 0 Å². The predicted molar refractivity (Wildman–Crippen MR) is 325 cm³/mol. The summed E-state index contributed by atoms with van der Waals surface area (Å²) in [6.07, 6.45) is 88.3. The first-order chi connectivity index (χ1) is 37.0. The van der Waals surface area contributed by atoms with Crippen LogP contribution in [-0.4, -0.2) is 37.2 Å². The molecule has 1 unspecified atom stereocenters. The Morgan fingerprint density at radius 1 is 0.280 bits per heavy atom. The van der Waals surface area contributed by atoms with E-state index in [-0.39, 0.29) is 31.1 Å². The normalized spacial score (nSPS) is 13.2. The number of allylic oxidation sites excluding steroid dienone is 24. The van der Waals surface area contributed by atoms with Gasteiger partial charge in [-0.15, -0.1) is 0 Å². The number of unbranched alkanes of at least 4 members (excludes halogenated alkanes) is 18. The van der Waals surface area contributed by atoms with Gasteiger partial charge >= 0.3 is 17.9 Å². The van der Waals surface area contributed by atoms with Crippen molar-refractivity contribution in [1.29, 1.82) is 0 Å². The van der Waals surface area contributed by atoms with Gasteiger partial charge in [0, 0.05) is 19.3 Å². The lowest BCUT2D eigenvalue weighted by Gasteiger charge is -2.18. The quantitative estimate of drug-likeness (QED) is 0.0261. The SMILES string of the molecule is CC/C=C\C/C=C\C/C=C\C/C=C\C/C=C\CCCCCC(=O)OCC(COC(=O)CCCCCCCC/C=C\C/C=C\C/C=C\CCCCC)OC(=O)CCCCCCCC/C=C\C/C=C\C/C=C\C/C=C\CC. The van der Waals surface area contributed by atoms with Gasteiger partial charge in [-0.2, -0.15) is 0 Å². The maximum atomic E-state index is 12.9. The molecule has 0 bridgehead atoms. The Bertz CT molecular complexity index is 1660. The fourth-order valence-electron chi connectivity index (χ4n) is 7.82. The van der Waals surface area contributed by atoms with Crippen LogP contribution in [0.2, 0.25) is 0 Å².